The van der Waals surface area contributed by atoms with Crippen molar-refractivity contribution in [2.75, 3.05) is 26.2 Å². The highest BCUT2D eigenvalue weighted by Crippen LogP contribution is 2.40. The molecule has 0 aromatic heterocycles. The van der Waals surface area contributed by atoms with Crippen LogP contribution in [0, 0.1) is 5.92 Å². The van der Waals surface area contributed by atoms with Gasteiger partial charge in [-0.1, -0.05) is 30.3 Å². The number of carbonyl (C=O) groups is 2. The standard InChI is InChI=1S/C23H28F3N3O3/c1-2-32-21(30)19-18(14-28-12-6-9-16(13-28)23(24,25)26)29(17-10-11-17)22(31)27-20(19)15-7-4-3-5-8-15/h3-5,7-8,16-17,20H,2,6,9-14H2,1H3,(H,27,31)/t16-,20+/m0/s1. The van der Waals surface area contributed by atoms with Crippen molar-refractivity contribution in [3.05, 3.63) is 47.2 Å². The quantitative estimate of drug-likeness (QED) is 0.664. The Morgan fingerprint density at radius 1 is 1.19 bits per heavy atom. The summed E-state index contributed by atoms with van der Waals surface area (Å²) < 4.78 is 45.5. The van der Waals surface area contributed by atoms with Crippen molar-refractivity contribution in [1.29, 1.82) is 0 Å². The summed E-state index contributed by atoms with van der Waals surface area (Å²) in [5.74, 6) is -1.95. The van der Waals surface area contributed by atoms with Crippen LogP contribution in [0.1, 0.15) is 44.2 Å². The number of esters is 1. The molecule has 1 N–H and O–H groups in total. The molecule has 32 heavy (non-hydrogen) atoms. The first kappa shape index (κ1) is 22.6. The highest BCUT2D eigenvalue weighted by molar-refractivity contribution is 5.95. The summed E-state index contributed by atoms with van der Waals surface area (Å²) in [5, 5.41) is 2.92. The normalized spacial score (nSPS) is 25.0. The Hall–Kier alpha value is -2.55. The SMILES string of the molecule is CCOC(=O)C1=C(CN2CCC[C@H](C(F)(F)F)C2)N(C2CC2)C(=O)N[C@@H]1c1ccccc1. The van der Waals surface area contributed by atoms with Crippen LogP contribution in [0.2, 0.25) is 0 Å². The van der Waals surface area contributed by atoms with E-state index in [0.29, 0.717) is 24.2 Å². The van der Waals surface area contributed by atoms with E-state index in [2.05, 4.69) is 5.32 Å². The first-order chi connectivity index (χ1) is 15.3. The van der Waals surface area contributed by atoms with E-state index in [1.165, 1.54) is 0 Å². The summed E-state index contributed by atoms with van der Waals surface area (Å²) >= 11 is 0. The van der Waals surface area contributed by atoms with E-state index in [4.69, 9.17) is 4.74 Å². The van der Waals surface area contributed by atoms with E-state index < -0.39 is 24.1 Å². The average molecular weight is 451 g/mol. The minimum atomic E-state index is -4.26. The van der Waals surface area contributed by atoms with Crippen LogP contribution in [0.25, 0.3) is 0 Å². The predicted octanol–water partition coefficient (Wildman–Crippen LogP) is 4.01. The maximum atomic E-state index is 13.4. The van der Waals surface area contributed by atoms with Gasteiger partial charge in [-0.25, -0.2) is 9.59 Å². The van der Waals surface area contributed by atoms with Crippen molar-refractivity contribution in [3.63, 3.8) is 0 Å². The molecule has 2 aliphatic heterocycles. The van der Waals surface area contributed by atoms with Gasteiger partial charge in [0, 0.05) is 24.8 Å². The molecule has 2 amide bonds. The Morgan fingerprint density at radius 3 is 2.53 bits per heavy atom. The summed E-state index contributed by atoms with van der Waals surface area (Å²) in [4.78, 5) is 29.5. The molecule has 0 radical (unpaired) electrons. The predicted molar refractivity (Wildman–Crippen MR) is 111 cm³/mol. The van der Waals surface area contributed by atoms with Crippen molar-refractivity contribution in [2.45, 2.75) is 50.9 Å². The molecule has 2 heterocycles. The molecule has 0 bridgehead atoms. The summed E-state index contributed by atoms with van der Waals surface area (Å²) in [6, 6.07) is 8.01. The van der Waals surface area contributed by atoms with Gasteiger partial charge in [-0.05, 0) is 44.7 Å². The van der Waals surface area contributed by atoms with E-state index in [1.807, 2.05) is 30.3 Å². The second-order valence-electron chi connectivity index (χ2n) is 8.59. The van der Waals surface area contributed by atoms with Gasteiger partial charge in [0.25, 0.3) is 0 Å². The summed E-state index contributed by atoms with van der Waals surface area (Å²) in [5.41, 5.74) is 1.49. The number of piperidine rings is 1. The molecular formula is C23H28F3N3O3. The number of likely N-dealkylation sites (tertiary alicyclic amines) is 1. The van der Waals surface area contributed by atoms with E-state index >= 15 is 0 Å². The van der Waals surface area contributed by atoms with Crippen molar-refractivity contribution >= 4 is 12.0 Å². The van der Waals surface area contributed by atoms with Crippen LogP contribution < -0.4 is 5.32 Å². The Kier molecular flexibility index (Phi) is 6.46. The van der Waals surface area contributed by atoms with Crippen LogP contribution in [-0.2, 0) is 9.53 Å². The zero-order valence-electron chi connectivity index (χ0n) is 18.0. The molecule has 0 unspecified atom stereocenters. The minimum absolute atomic E-state index is 0.0469. The van der Waals surface area contributed by atoms with Crippen molar-refractivity contribution in [2.24, 2.45) is 5.92 Å². The number of ether oxygens (including phenoxy) is 1. The first-order valence-corrected chi connectivity index (χ1v) is 11.1. The lowest BCUT2D eigenvalue weighted by atomic mass is 9.93. The molecule has 9 heteroatoms. The fourth-order valence-corrected chi connectivity index (χ4v) is 4.58. The van der Waals surface area contributed by atoms with Gasteiger partial charge in [-0.2, -0.15) is 13.2 Å². The van der Waals surface area contributed by atoms with E-state index in [9.17, 15) is 22.8 Å². The minimum Gasteiger partial charge on any atom is -0.463 e. The van der Waals surface area contributed by atoms with Gasteiger partial charge in [0.1, 0.15) is 0 Å². The molecule has 0 spiro atoms. The van der Waals surface area contributed by atoms with E-state index in [1.54, 1.807) is 16.7 Å². The fourth-order valence-electron chi connectivity index (χ4n) is 4.58. The summed E-state index contributed by atoms with van der Waals surface area (Å²) in [6.07, 6.45) is -2.14. The second kappa shape index (κ2) is 9.13. The van der Waals surface area contributed by atoms with Crippen LogP contribution in [0.5, 0.6) is 0 Å². The number of rotatable bonds is 6. The van der Waals surface area contributed by atoms with Gasteiger partial charge in [0.15, 0.2) is 0 Å². The number of urea groups is 1. The van der Waals surface area contributed by atoms with Crippen molar-refractivity contribution in [3.8, 4) is 0 Å². The molecular weight excluding hydrogens is 423 g/mol. The number of amides is 2. The summed E-state index contributed by atoms with van der Waals surface area (Å²) in [6.45, 7) is 2.32. The maximum Gasteiger partial charge on any atom is 0.393 e. The monoisotopic (exact) mass is 451 g/mol. The number of hydrogen-bond acceptors (Lipinski definition) is 4. The highest BCUT2D eigenvalue weighted by atomic mass is 19.4. The molecule has 174 valence electrons. The molecule has 2 atom stereocenters. The Bertz CT molecular complexity index is 883. The Labute approximate surface area is 185 Å². The van der Waals surface area contributed by atoms with E-state index in [-0.39, 0.29) is 38.2 Å². The molecule has 2 fully saturated rings. The van der Waals surface area contributed by atoms with Gasteiger partial charge in [-0.15, -0.1) is 0 Å². The number of nitrogens with one attached hydrogen (secondary N) is 1. The molecule has 1 aliphatic carbocycles. The number of halogens is 3. The lowest BCUT2D eigenvalue weighted by Gasteiger charge is -2.40. The van der Waals surface area contributed by atoms with Gasteiger partial charge in [-0.3, -0.25) is 9.80 Å². The van der Waals surface area contributed by atoms with Crippen LogP contribution >= 0.6 is 0 Å². The number of benzene rings is 1. The molecule has 1 aromatic rings. The topological polar surface area (TPSA) is 61.9 Å². The van der Waals surface area contributed by atoms with Gasteiger partial charge in [0.2, 0.25) is 0 Å². The van der Waals surface area contributed by atoms with Gasteiger partial charge < -0.3 is 10.1 Å². The third kappa shape index (κ3) is 4.77. The molecule has 4 rings (SSSR count). The van der Waals surface area contributed by atoms with Crippen LogP contribution in [0.3, 0.4) is 0 Å². The fraction of sp³-hybridized carbons (Fsp3) is 0.565. The van der Waals surface area contributed by atoms with Crippen molar-refractivity contribution in [1.82, 2.24) is 15.1 Å². The number of alkyl halides is 3. The average Bonchev–Trinajstić information content (AvgIpc) is 3.59. The zero-order valence-corrected chi connectivity index (χ0v) is 18.0. The third-order valence-electron chi connectivity index (χ3n) is 6.26. The summed E-state index contributed by atoms with van der Waals surface area (Å²) in [7, 11) is 0. The lowest BCUT2D eigenvalue weighted by Crippen LogP contribution is -2.52. The number of hydrogen-bond donors (Lipinski definition) is 1. The Balaban J connectivity index is 1.74. The molecule has 1 saturated heterocycles. The maximum absolute atomic E-state index is 13.4. The first-order valence-electron chi connectivity index (χ1n) is 11.1. The smallest absolute Gasteiger partial charge is 0.393 e. The third-order valence-corrected chi connectivity index (χ3v) is 6.26. The van der Waals surface area contributed by atoms with Crippen LogP contribution in [0.4, 0.5) is 18.0 Å². The number of nitrogens with zero attached hydrogens (tertiary/aromatic N) is 2. The molecule has 3 aliphatic rings. The van der Waals surface area contributed by atoms with Crippen molar-refractivity contribution < 1.29 is 27.5 Å². The Morgan fingerprint density at radius 2 is 1.91 bits per heavy atom. The number of carbonyl (C=O) groups excluding carboxylic acids is 2. The largest absolute Gasteiger partial charge is 0.463 e. The van der Waals surface area contributed by atoms with Crippen LogP contribution in [0.15, 0.2) is 41.6 Å². The molecule has 1 saturated carbocycles. The van der Waals surface area contributed by atoms with Gasteiger partial charge in [0.05, 0.1) is 24.1 Å². The highest BCUT2D eigenvalue weighted by Gasteiger charge is 2.46. The molecule has 1 aromatic carbocycles. The zero-order chi connectivity index (χ0) is 22.9. The van der Waals surface area contributed by atoms with Gasteiger partial charge >= 0.3 is 18.2 Å². The van der Waals surface area contributed by atoms with E-state index in [0.717, 1.165) is 18.4 Å². The second-order valence-corrected chi connectivity index (χ2v) is 8.59. The lowest BCUT2D eigenvalue weighted by molar-refractivity contribution is -0.186. The molecule has 6 nitrogen and oxygen atoms in total. The van der Waals surface area contributed by atoms with Crippen LogP contribution in [-0.4, -0.2) is 60.3 Å².